The van der Waals surface area contributed by atoms with Gasteiger partial charge in [0.1, 0.15) is 0 Å². The largest absolute Gasteiger partial charge is 0.294 e. The van der Waals surface area contributed by atoms with Crippen molar-refractivity contribution >= 4 is 17.4 Å². The maximum atomic E-state index is 12.3. The SMILES string of the molecule is O=C(Cc1cccc(Cl)c1)c1ccc2c(c1)CCC2. The molecule has 0 fully saturated rings. The number of hydrogen-bond donors (Lipinski definition) is 0. The number of carbonyl (C=O) groups excluding carboxylic acids is 1. The van der Waals surface area contributed by atoms with E-state index in [-0.39, 0.29) is 5.78 Å². The van der Waals surface area contributed by atoms with E-state index in [4.69, 9.17) is 11.6 Å². The summed E-state index contributed by atoms with van der Waals surface area (Å²) in [6, 6.07) is 13.6. The summed E-state index contributed by atoms with van der Waals surface area (Å²) >= 11 is 5.94. The fourth-order valence-electron chi connectivity index (χ4n) is 2.68. The molecule has 0 amide bonds. The first-order valence-corrected chi connectivity index (χ1v) is 6.99. The maximum Gasteiger partial charge on any atom is 0.167 e. The minimum absolute atomic E-state index is 0.164. The van der Waals surface area contributed by atoms with E-state index in [1.807, 2.05) is 30.3 Å². The summed E-state index contributed by atoms with van der Waals surface area (Å²) in [5.74, 6) is 0.164. The van der Waals surface area contributed by atoms with Crippen LogP contribution in [0.25, 0.3) is 0 Å². The molecule has 1 nitrogen and oxygen atoms in total. The number of aryl methyl sites for hydroxylation is 2. The van der Waals surface area contributed by atoms with Gasteiger partial charge in [-0.3, -0.25) is 4.79 Å². The number of Topliss-reactive ketones (excluding diaryl/α,β-unsaturated/α-hetero) is 1. The van der Waals surface area contributed by atoms with E-state index in [1.54, 1.807) is 0 Å². The van der Waals surface area contributed by atoms with Gasteiger partial charge in [0.15, 0.2) is 5.78 Å². The lowest BCUT2D eigenvalue weighted by Gasteiger charge is -2.05. The Hall–Kier alpha value is -1.60. The standard InChI is InChI=1S/C17H15ClO/c18-16-6-1-3-12(9-16)10-17(19)15-8-7-13-4-2-5-14(13)11-15/h1,3,6-9,11H,2,4-5,10H2. The zero-order valence-corrected chi connectivity index (χ0v) is 11.4. The lowest BCUT2D eigenvalue weighted by molar-refractivity contribution is 0.0993. The summed E-state index contributed by atoms with van der Waals surface area (Å²) in [5, 5.41) is 0.680. The Bertz CT molecular complexity index is 631. The van der Waals surface area contributed by atoms with Crippen LogP contribution in [0.4, 0.5) is 0 Å². The predicted molar refractivity (Wildman–Crippen MR) is 78.0 cm³/mol. The minimum atomic E-state index is 0.164. The number of hydrogen-bond acceptors (Lipinski definition) is 1. The lowest BCUT2D eigenvalue weighted by atomic mass is 9.99. The summed E-state index contributed by atoms with van der Waals surface area (Å²) in [6.45, 7) is 0. The highest BCUT2D eigenvalue weighted by Gasteiger charge is 2.14. The van der Waals surface area contributed by atoms with Crippen molar-refractivity contribution in [3.05, 3.63) is 69.7 Å². The number of carbonyl (C=O) groups is 1. The van der Waals surface area contributed by atoms with Crippen LogP contribution in [0.1, 0.15) is 33.5 Å². The van der Waals surface area contributed by atoms with Gasteiger partial charge in [-0.2, -0.15) is 0 Å². The predicted octanol–water partition coefficient (Wildman–Crippen LogP) is 4.25. The average Bonchev–Trinajstić information content (AvgIpc) is 2.85. The molecular weight excluding hydrogens is 256 g/mol. The zero-order chi connectivity index (χ0) is 13.2. The molecule has 3 rings (SSSR count). The molecule has 2 aromatic rings. The second-order valence-corrected chi connectivity index (χ2v) is 5.50. The number of halogens is 1. The average molecular weight is 271 g/mol. The molecule has 0 aromatic heterocycles. The molecule has 0 spiro atoms. The Morgan fingerprint density at radius 3 is 2.74 bits per heavy atom. The van der Waals surface area contributed by atoms with Crippen molar-refractivity contribution in [2.75, 3.05) is 0 Å². The Morgan fingerprint density at radius 2 is 1.89 bits per heavy atom. The number of benzene rings is 2. The van der Waals surface area contributed by atoms with Crippen LogP contribution in [-0.2, 0) is 19.3 Å². The minimum Gasteiger partial charge on any atom is -0.294 e. The Kier molecular flexibility index (Phi) is 3.39. The van der Waals surface area contributed by atoms with Crippen LogP contribution in [0.15, 0.2) is 42.5 Å². The van der Waals surface area contributed by atoms with Crippen LogP contribution in [0.3, 0.4) is 0 Å². The van der Waals surface area contributed by atoms with E-state index in [0.717, 1.165) is 24.0 Å². The second kappa shape index (κ2) is 5.18. The third-order valence-electron chi connectivity index (χ3n) is 3.67. The van der Waals surface area contributed by atoms with Gasteiger partial charge in [-0.25, -0.2) is 0 Å². The molecule has 2 aromatic carbocycles. The van der Waals surface area contributed by atoms with Gasteiger partial charge in [0, 0.05) is 17.0 Å². The summed E-state index contributed by atoms with van der Waals surface area (Å²) in [6.07, 6.45) is 3.88. The van der Waals surface area contributed by atoms with Crippen LogP contribution < -0.4 is 0 Å². The normalized spacial score (nSPS) is 13.3. The first-order chi connectivity index (χ1) is 9.22. The molecular formula is C17H15ClO. The van der Waals surface area contributed by atoms with Gasteiger partial charge in [0.25, 0.3) is 0 Å². The van der Waals surface area contributed by atoms with E-state index in [9.17, 15) is 4.79 Å². The van der Waals surface area contributed by atoms with Crippen LogP contribution in [-0.4, -0.2) is 5.78 Å². The van der Waals surface area contributed by atoms with Crippen molar-refractivity contribution < 1.29 is 4.79 Å². The van der Waals surface area contributed by atoms with Crippen molar-refractivity contribution in [2.24, 2.45) is 0 Å². The molecule has 0 atom stereocenters. The Balaban J connectivity index is 1.81. The molecule has 0 aliphatic heterocycles. The molecule has 0 N–H and O–H groups in total. The molecule has 1 aliphatic carbocycles. The molecule has 0 bridgehead atoms. The van der Waals surface area contributed by atoms with E-state index >= 15 is 0 Å². The molecule has 19 heavy (non-hydrogen) atoms. The molecule has 0 saturated heterocycles. The van der Waals surface area contributed by atoms with Gasteiger partial charge in [0.2, 0.25) is 0 Å². The summed E-state index contributed by atoms with van der Waals surface area (Å²) in [4.78, 5) is 12.3. The van der Waals surface area contributed by atoms with E-state index < -0.39 is 0 Å². The smallest absolute Gasteiger partial charge is 0.167 e. The monoisotopic (exact) mass is 270 g/mol. The van der Waals surface area contributed by atoms with Gasteiger partial charge in [0.05, 0.1) is 0 Å². The van der Waals surface area contributed by atoms with Crippen molar-refractivity contribution in [1.29, 1.82) is 0 Å². The van der Waals surface area contributed by atoms with Crippen LogP contribution in [0, 0.1) is 0 Å². The molecule has 0 heterocycles. The quantitative estimate of drug-likeness (QED) is 0.762. The van der Waals surface area contributed by atoms with E-state index in [1.165, 1.54) is 17.5 Å². The van der Waals surface area contributed by atoms with E-state index in [0.29, 0.717) is 11.4 Å². The molecule has 2 heteroatoms. The van der Waals surface area contributed by atoms with Gasteiger partial charge >= 0.3 is 0 Å². The van der Waals surface area contributed by atoms with Crippen LogP contribution in [0.5, 0.6) is 0 Å². The fourth-order valence-corrected chi connectivity index (χ4v) is 2.89. The fraction of sp³-hybridized carbons (Fsp3) is 0.235. The van der Waals surface area contributed by atoms with Crippen LogP contribution >= 0.6 is 11.6 Å². The number of ketones is 1. The van der Waals surface area contributed by atoms with Gasteiger partial charge in [-0.15, -0.1) is 0 Å². The highest BCUT2D eigenvalue weighted by atomic mass is 35.5. The third-order valence-corrected chi connectivity index (χ3v) is 3.91. The Morgan fingerprint density at radius 1 is 1.05 bits per heavy atom. The molecule has 96 valence electrons. The zero-order valence-electron chi connectivity index (χ0n) is 10.7. The topological polar surface area (TPSA) is 17.1 Å². The van der Waals surface area contributed by atoms with Gasteiger partial charge in [-0.1, -0.05) is 35.9 Å². The number of fused-ring (bicyclic) bond motifs is 1. The summed E-state index contributed by atoms with van der Waals surface area (Å²) in [5.41, 5.74) is 4.54. The molecule has 0 saturated carbocycles. The maximum absolute atomic E-state index is 12.3. The second-order valence-electron chi connectivity index (χ2n) is 5.07. The number of rotatable bonds is 3. The van der Waals surface area contributed by atoms with Crippen molar-refractivity contribution in [1.82, 2.24) is 0 Å². The van der Waals surface area contributed by atoms with Crippen molar-refractivity contribution in [3.63, 3.8) is 0 Å². The lowest BCUT2D eigenvalue weighted by Crippen LogP contribution is -2.04. The summed E-state index contributed by atoms with van der Waals surface area (Å²) in [7, 11) is 0. The highest BCUT2D eigenvalue weighted by Crippen LogP contribution is 2.23. The molecule has 1 aliphatic rings. The van der Waals surface area contributed by atoms with Crippen molar-refractivity contribution in [3.8, 4) is 0 Å². The first kappa shape index (κ1) is 12.4. The Labute approximate surface area is 118 Å². The van der Waals surface area contributed by atoms with E-state index in [2.05, 4.69) is 12.1 Å². The molecule has 0 unspecified atom stereocenters. The summed E-state index contributed by atoms with van der Waals surface area (Å²) < 4.78 is 0. The molecule has 0 radical (unpaired) electrons. The third kappa shape index (κ3) is 2.71. The van der Waals surface area contributed by atoms with Crippen molar-refractivity contribution in [2.45, 2.75) is 25.7 Å². The van der Waals surface area contributed by atoms with Crippen LogP contribution in [0.2, 0.25) is 5.02 Å². The van der Waals surface area contributed by atoms with Gasteiger partial charge in [-0.05, 0) is 54.2 Å². The van der Waals surface area contributed by atoms with Gasteiger partial charge < -0.3 is 0 Å². The highest BCUT2D eigenvalue weighted by molar-refractivity contribution is 6.30. The first-order valence-electron chi connectivity index (χ1n) is 6.62.